The van der Waals surface area contributed by atoms with Crippen LogP contribution in [0.4, 0.5) is 11.4 Å². The van der Waals surface area contributed by atoms with Gasteiger partial charge in [0, 0.05) is 48.0 Å². The van der Waals surface area contributed by atoms with Crippen molar-refractivity contribution in [2.24, 2.45) is 0 Å². The zero-order chi connectivity index (χ0) is 42.9. The minimum Gasteiger partial charge on any atom is -0.507 e. The van der Waals surface area contributed by atoms with E-state index in [9.17, 15) is 14.7 Å². The molecule has 2 heterocycles. The van der Waals surface area contributed by atoms with Crippen LogP contribution >= 0.6 is 70.5 Å². The number of benzene rings is 6. The average molecular weight is 1030 g/mol. The fraction of sp³-hybridized carbons (Fsp3) is 0.125. The number of hydrogen-bond donors (Lipinski definition) is 1. The highest BCUT2D eigenvalue weighted by atomic mass is 79.9. The molecule has 1 N–H and O–H groups in total. The summed E-state index contributed by atoms with van der Waals surface area (Å²) in [6.45, 7) is 1.71. The van der Waals surface area contributed by atoms with Crippen molar-refractivity contribution in [2.75, 3.05) is 35.3 Å². The summed E-state index contributed by atoms with van der Waals surface area (Å²) in [5.74, 6) is 0.369. The molecule has 0 amide bonds. The highest BCUT2D eigenvalue weighted by Crippen LogP contribution is 2.33. The van der Waals surface area contributed by atoms with Gasteiger partial charge in [-0.05, 0) is 71.5 Å². The molecule has 60 heavy (non-hydrogen) atoms. The molecule has 0 radical (unpaired) electrons. The molecule has 0 fully saturated rings. The number of phenolic OH excluding ortho intramolecular Hbond substituents is 1. The smallest absolute Gasteiger partial charge is 0.369 e. The number of phenols is 1. The van der Waals surface area contributed by atoms with Gasteiger partial charge in [0.15, 0.2) is 11.6 Å². The Kier molecular flexibility index (Phi) is 18.6. The van der Waals surface area contributed by atoms with Crippen LogP contribution in [-0.2, 0) is 12.8 Å². The van der Waals surface area contributed by atoms with Crippen LogP contribution in [-0.4, -0.2) is 45.4 Å². The number of Topliss-reactive ketones (excluding diaryl/α,β-unsaturated/α-hetero) is 2. The van der Waals surface area contributed by atoms with Gasteiger partial charge in [0.05, 0.1) is 23.6 Å². The molecule has 0 aliphatic carbocycles. The van der Waals surface area contributed by atoms with Crippen molar-refractivity contribution >= 4 is 108 Å². The molecule has 6 aromatic rings. The van der Waals surface area contributed by atoms with Crippen LogP contribution < -0.4 is 14.5 Å². The molecule has 6 aromatic carbocycles. The molecule has 0 aromatic heterocycles. The first kappa shape index (κ1) is 46.5. The lowest BCUT2D eigenvalue weighted by Gasteiger charge is -2.18. The van der Waals surface area contributed by atoms with Crippen LogP contribution in [0.5, 0.6) is 11.5 Å². The molecule has 2 aliphatic heterocycles. The van der Waals surface area contributed by atoms with Gasteiger partial charge in [0.1, 0.15) is 11.5 Å². The second-order valence-electron chi connectivity index (χ2n) is 13.2. The van der Waals surface area contributed by atoms with Crippen molar-refractivity contribution in [3.8, 4) is 11.5 Å². The fourth-order valence-corrected chi connectivity index (χ4v) is 6.86. The van der Waals surface area contributed by atoms with Crippen LogP contribution in [0.3, 0.4) is 0 Å². The Labute approximate surface area is 387 Å². The summed E-state index contributed by atoms with van der Waals surface area (Å²) < 4.78 is 5.69. The molecule has 0 saturated heterocycles. The van der Waals surface area contributed by atoms with Gasteiger partial charge in [-0.1, -0.05) is 121 Å². The zero-order valence-electron chi connectivity index (χ0n) is 32.7. The number of para-hydroxylation sites is 4. The Morgan fingerprint density at radius 2 is 0.967 bits per heavy atom. The molecular weight excluding hydrogens is 990 g/mol. The van der Waals surface area contributed by atoms with Crippen LogP contribution in [0.25, 0.3) is 11.1 Å². The number of nitrogens with zero attached hydrogens (tertiary/aromatic N) is 2. The van der Waals surface area contributed by atoms with Crippen molar-refractivity contribution < 1.29 is 19.4 Å². The SMILES string of the molecule is BrB(Br)Br.COc1ccccc1C(=O)/C(=C/N1CCc2ccccc21)c1ccccc1.ClCCl.O=C(/C(=C/N1CCc2ccccc21)c1ccccc1)c1ccccc1O. The normalized spacial score (nSPS) is 12.6. The Hall–Kier alpha value is -4.58. The molecule has 8 rings (SSSR count). The van der Waals surface area contributed by atoms with Crippen LogP contribution in [0.2, 0.25) is 0 Å². The largest absolute Gasteiger partial charge is 0.507 e. The minimum atomic E-state index is -0.182. The number of carbonyl (C=O) groups is 2. The van der Waals surface area contributed by atoms with E-state index >= 15 is 0 Å². The molecule has 2 aliphatic rings. The predicted octanol–water partition coefficient (Wildman–Crippen LogP) is 13.2. The number of fused-ring (bicyclic) bond motifs is 2. The second kappa shape index (κ2) is 24.0. The maximum Gasteiger partial charge on any atom is 0.369 e. The van der Waals surface area contributed by atoms with Gasteiger partial charge in [0.2, 0.25) is 0 Å². The van der Waals surface area contributed by atoms with E-state index in [1.165, 1.54) is 16.8 Å². The van der Waals surface area contributed by atoms with E-state index in [1.807, 2.05) is 116 Å². The highest BCUT2D eigenvalue weighted by molar-refractivity contribution is 9.69. The quantitative estimate of drug-likeness (QED) is 0.0673. The number of ketones is 2. The first-order valence-corrected chi connectivity index (χ1v) is 22.8. The third-order valence-electron chi connectivity index (χ3n) is 9.58. The van der Waals surface area contributed by atoms with Crippen molar-refractivity contribution in [1.82, 2.24) is 0 Å². The molecular formula is C48H42BBr3Cl2N2O4. The van der Waals surface area contributed by atoms with E-state index in [0.29, 0.717) is 28.0 Å². The first-order valence-electron chi connectivity index (χ1n) is 18.9. The molecule has 12 heteroatoms. The van der Waals surface area contributed by atoms with E-state index in [4.69, 9.17) is 27.9 Å². The first-order chi connectivity index (χ1) is 29.2. The number of carbonyl (C=O) groups excluding carboxylic acids is 2. The lowest BCUT2D eigenvalue weighted by molar-refractivity contribution is 0.104. The van der Waals surface area contributed by atoms with Gasteiger partial charge in [-0.25, -0.2) is 0 Å². The lowest BCUT2D eigenvalue weighted by atomic mass is 9.96. The molecule has 0 unspecified atom stereocenters. The number of ether oxygens (including phenoxy) is 1. The molecule has 306 valence electrons. The Balaban J connectivity index is 0.000000197. The summed E-state index contributed by atoms with van der Waals surface area (Å²) in [6, 6.07) is 50.1. The average Bonchev–Trinajstić information content (AvgIpc) is 3.89. The van der Waals surface area contributed by atoms with Gasteiger partial charge >= 0.3 is 3.18 Å². The number of hydrogen-bond acceptors (Lipinski definition) is 6. The van der Waals surface area contributed by atoms with Crippen LogP contribution in [0, 0.1) is 0 Å². The summed E-state index contributed by atoms with van der Waals surface area (Å²) in [6.07, 6.45) is 5.84. The van der Waals surface area contributed by atoms with Crippen molar-refractivity contribution in [3.05, 3.63) is 204 Å². The number of allylic oxidation sites excluding steroid dienone is 2. The molecule has 0 bridgehead atoms. The topological polar surface area (TPSA) is 70.1 Å². The highest BCUT2D eigenvalue weighted by Gasteiger charge is 2.24. The standard InChI is InChI=1S/C24H21NO2.C23H19NO2.CH2Cl2.BBr3/c1-27-23-14-8-6-12-20(23)24(26)21(18-9-3-2-4-10-18)17-25-16-15-19-11-5-7-13-22(19)25;25-22-13-7-5-11-19(22)23(26)20(17-8-2-1-3-9-17)16-24-15-14-18-10-4-6-12-21(18)24;2-1-3;2-1(3)4/h2-14,17H,15-16H2,1H3;1-13,16,25H,14-15H2;1H2;/b21-17+;20-16+;;. The van der Waals surface area contributed by atoms with Gasteiger partial charge < -0.3 is 19.6 Å². The van der Waals surface area contributed by atoms with E-state index in [2.05, 4.69) is 87.4 Å². The maximum atomic E-state index is 13.4. The van der Waals surface area contributed by atoms with Crippen molar-refractivity contribution in [3.63, 3.8) is 0 Å². The zero-order valence-corrected chi connectivity index (χ0v) is 39.0. The van der Waals surface area contributed by atoms with Crippen LogP contribution in [0.1, 0.15) is 43.0 Å². The fourth-order valence-electron chi connectivity index (χ4n) is 6.86. The number of alkyl halides is 2. The molecule has 0 saturated carbocycles. The monoisotopic (exact) mass is 1030 g/mol. The van der Waals surface area contributed by atoms with Crippen molar-refractivity contribution in [1.29, 1.82) is 0 Å². The summed E-state index contributed by atoms with van der Waals surface area (Å²) in [5, 5.41) is 10.3. The number of halogens is 5. The van der Waals surface area contributed by atoms with E-state index in [-0.39, 0.29) is 25.8 Å². The third-order valence-corrected chi connectivity index (χ3v) is 9.58. The van der Waals surface area contributed by atoms with E-state index in [0.717, 1.165) is 42.7 Å². The summed E-state index contributed by atoms with van der Waals surface area (Å²) in [4.78, 5) is 31.0. The second-order valence-corrected chi connectivity index (χ2v) is 20.4. The number of aromatic hydroxyl groups is 1. The lowest BCUT2D eigenvalue weighted by Crippen LogP contribution is -2.16. The van der Waals surface area contributed by atoms with E-state index in [1.54, 1.807) is 31.4 Å². The summed E-state index contributed by atoms with van der Waals surface area (Å²) in [5.41, 5.74) is 8.75. The number of methoxy groups -OCH3 is 1. The predicted molar refractivity (Wildman–Crippen MR) is 263 cm³/mol. The summed E-state index contributed by atoms with van der Waals surface area (Å²) in [7, 11) is 1.59. The summed E-state index contributed by atoms with van der Waals surface area (Å²) >= 11 is 18.8. The Morgan fingerprint density at radius 1 is 0.600 bits per heavy atom. The number of anilines is 2. The third kappa shape index (κ3) is 12.7. The van der Waals surface area contributed by atoms with Gasteiger partial charge in [-0.2, -0.15) is 0 Å². The number of rotatable bonds is 9. The van der Waals surface area contributed by atoms with Gasteiger partial charge in [0.25, 0.3) is 0 Å². The van der Waals surface area contributed by atoms with E-state index < -0.39 is 0 Å². The Bertz CT molecular complexity index is 2400. The Morgan fingerprint density at radius 3 is 1.42 bits per heavy atom. The van der Waals surface area contributed by atoms with Crippen molar-refractivity contribution in [2.45, 2.75) is 12.8 Å². The van der Waals surface area contributed by atoms with Gasteiger partial charge in [-0.3, -0.25) is 9.59 Å². The van der Waals surface area contributed by atoms with Crippen LogP contribution in [0.15, 0.2) is 170 Å². The molecule has 0 spiro atoms. The van der Waals surface area contributed by atoms with Gasteiger partial charge in [-0.15, -0.1) is 70.5 Å². The molecule has 0 atom stereocenters. The molecule has 6 nitrogen and oxygen atoms in total. The minimum absolute atomic E-state index is 0.00107. The maximum absolute atomic E-state index is 13.4.